The van der Waals surface area contributed by atoms with Gasteiger partial charge in [-0.25, -0.2) is 13.2 Å². The van der Waals surface area contributed by atoms with Crippen LogP contribution in [0.5, 0.6) is 0 Å². The summed E-state index contributed by atoms with van der Waals surface area (Å²) in [6.45, 7) is 1.79. The van der Waals surface area contributed by atoms with E-state index in [-0.39, 0.29) is 30.1 Å². The second-order valence-electron chi connectivity index (χ2n) is 5.19. The second kappa shape index (κ2) is 7.74. The Labute approximate surface area is 139 Å². The molecule has 0 bridgehead atoms. The molecule has 0 saturated carbocycles. The average molecular weight is 357 g/mol. The van der Waals surface area contributed by atoms with E-state index >= 15 is 0 Å². The maximum absolute atomic E-state index is 12.1. The van der Waals surface area contributed by atoms with Gasteiger partial charge in [-0.2, -0.15) is 0 Å². The summed E-state index contributed by atoms with van der Waals surface area (Å²) >= 11 is 1.49. The van der Waals surface area contributed by atoms with Crippen LogP contribution in [0.2, 0.25) is 0 Å². The Kier molecular flexibility index (Phi) is 5.95. The van der Waals surface area contributed by atoms with Crippen molar-refractivity contribution in [2.45, 2.75) is 19.4 Å². The lowest BCUT2D eigenvalue weighted by Crippen LogP contribution is -2.43. The van der Waals surface area contributed by atoms with E-state index in [4.69, 9.17) is 4.74 Å². The average Bonchev–Trinajstić information content (AvgIpc) is 3.13. The van der Waals surface area contributed by atoms with Crippen molar-refractivity contribution in [2.75, 3.05) is 24.7 Å². The van der Waals surface area contributed by atoms with Gasteiger partial charge in [-0.15, -0.1) is 11.3 Å². The normalized spacial score (nSPS) is 19.8. The fraction of sp³-hybridized carbons (Fsp3) is 0.467. The topological polar surface area (TPSA) is 80.8 Å². The monoisotopic (exact) mass is 357 g/mol. The summed E-state index contributed by atoms with van der Waals surface area (Å²) in [4.78, 5) is 26.1. The van der Waals surface area contributed by atoms with E-state index in [9.17, 15) is 18.0 Å². The molecule has 1 fully saturated rings. The van der Waals surface area contributed by atoms with E-state index in [2.05, 4.69) is 0 Å². The third-order valence-corrected chi connectivity index (χ3v) is 6.16. The van der Waals surface area contributed by atoms with Gasteiger partial charge in [-0.05, 0) is 30.9 Å². The van der Waals surface area contributed by atoms with Crippen molar-refractivity contribution >= 4 is 39.1 Å². The Hall–Kier alpha value is -1.67. The zero-order valence-corrected chi connectivity index (χ0v) is 14.4. The number of rotatable bonds is 6. The summed E-state index contributed by atoms with van der Waals surface area (Å²) in [6.07, 6.45) is 3.34. The van der Waals surface area contributed by atoms with Gasteiger partial charge in [0.15, 0.2) is 16.4 Å². The Morgan fingerprint density at radius 3 is 2.83 bits per heavy atom. The van der Waals surface area contributed by atoms with Crippen LogP contribution < -0.4 is 0 Å². The van der Waals surface area contributed by atoms with Gasteiger partial charge in [0, 0.05) is 23.5 Å². The van der Waals surface area contributed by atoms with Crippen LogP contribution in [-0.4, -0.2) is 55.9 Å². The highest BCUT2D eigenvalue weighted by Crippen LogP contribution is 2.18. The molecule has 1 aliphatic heterocycles. The molecule has 0 aliphatic carbocycles. The van der Waals surface area contributed by atoms with Crippen molar-refractivity contribution in [3.8, 4) is 0 Å². The molecular formula is C15H19NO5S2. The molecule has 1 atom stereocenters. The van der Waals surface area contributed by atoms with Crippen LogP contribution in [0.3, 0.4) is 0 Å². The van der Waals surface area contributed by atoms with Gasteiger partial charge in [-0.3, -0.25) is 4.79 Å². The van der Waals surface area contributed by atoms with E-state index in [1.165, 1.54) is 22.3 Å². The molecule has 1 aliphatic rings. The van der Waals surface area contributed by atoms with Crippen LogP contribution in [0.25, 0.3) is 6.08 Å². The number of sulfone groups is 1. The molecule has 0 N–H and O–H groups in total. The SMILES string of the molecule is CCN(C(=O)COC(=O)/C=C/c1cccs1)[C@@H]1CCS(=O)(=O)C1. The zero-order chi connectivity index (χ0) is 16.9. The second-order valence-corrected chi connectivity index (χ2v) is 8.40. The number of nitrogens with zero attached hydrogens (tertiary/aromatic N) is 1. The summed E-state index contributed by atoms with van der Waals surface area (Å²) in [5.41, 5.74) is 0. The van der Waals surface area contributed by atoms with Gasteiger partial charge in [0.1, 0.15) is 0 Å². The van der Waals surface area contributed by atoms with Crippen LogP contribution >= 0.6 is 11.3 Å². The summed E-state index contributed by atoms with van der Waals surface area (Å²) < 4.78 is 28.0. The highest BCUT2D eigenvalue weighted by molar-refractivity contribution is 7.91. The summed E-state index contributed by atoms with van der Waals surface area (Å²) in [7, 11) is -3.06. The molecule has 0 unspecified atom stereocenters. The van der Waals surface area contributed by atoms with E-state index in [1.54, 1.807) is 13.0 Å². The van der Waals surface area contributed by atoms with Crippen molar-refractivity contribution in [3.05, 3.63) is 28.5 Å². The van der Waals surface area contributed by atoms with Crippen molar-refractivity contribution in [1.82, 2.24) is 4.90 Å². The van der Waals surface area contributed by atoms with Crippen molar-refractivity contribution in [1.29, 1.82) is 0 Å². The predicted octanol–water partition coefficient (Wildman–Crippen LogP) is 1.34. The number of amides is 1. The Bertz CT molecular complexity index is 679. The minimum Gasteiger partial charge on any atom is -0.452 e. The number of hydrogen-bond acceptors (Lipinski definition) is 6. The molecule has 1 aromatic rings. The van der Waals surface area contributed by atoms with Crippen LogP contribution in [0.15, 0.2) is 23.6 Å². The molecular weight excluding hydrogens is 338 g/mol. The number of carbonyl (C=O) groups is 2. The first kappa shape index (κ1) is 17.7. The number of esters is 1. The van der Waals surface area contributed by atoms with Crippen LogP contribution in [-0.2, 0) is 24.2 Å². The highest BCUT2D eigenvalue weighted by atomic mass is 32.2. The number of thiophene rings is 1. The van der Waals surface area contributed by atoms with E-state index in [0.29, 0.717) is 13.0 Å². The summed E-state index contributed by atoms with van der Waals surface area (Å²) in [5, 5.41) is 1.89. The lowest BCUT2D eigenvalue weighted by Gasteiger charge is -2.26. The molecule has 0 radical (unpaired) electrons. The van der Waals surface area contributed by atoms with Crippen LogP contribution in [0.1, 0.15) is 18.2 Å². The molecule has 0 aromatic carbocycles. The first-order valence-electron chi connectivity index (χ1n) is 7.29. The molecule has 2 heterocycles. The number of ether oxygens (including phenoxy) is 1. The van der Waals surface area contributed by atoms with E-state index in [1.807, 2.05) is 17.5 Å². The Balaban J connectivity index is 1.84. The molecule has 1 saturated heterocycles. The molecule has 23 heavy (non-hydrogen) atoms. The maximum Gasteiger partial charge on any atom is 0.331 e. The summed E-state index contributed by atoms with van der Waals surface area (Å²) in [5.74, 6) is -0.877. The fourth-order valence-corrected chi connectivity index (χ4v) is 4.81. The lowest BCUT2D eigenvalue weighted by molar-refractivity contribution is -0.149. The molecule has 1 aromatic heterocycles. The maximum atomic E-state index is 12.1. The van der Waals surface area contributed by atoms with Gasteiger partial charge in [0.05, 0.1) is 11.5 Å². The third-order valence-electron chi connectivity index (χ3n) is 3.57. The van der Waals surface area contributed by atoms with Gasteiger partial charge in [-0.1, -0.05) is 6.07 Å². The quantitative estimate of drug-likeness (QED) is 0.567. The molecule has 126 valence electrons. The lowest BCUT2D eigenvalue weighted by atomic mass is 10.2. The summed E-state index contributed by atoms with van der Waals surface area (Å²) in [6, 6.07) is 3.41. The van der Waals surface area contributed by atoms with Crippen LogP contribution in [0.4, 0.5) is 0 Å². The molecule has 6 nitrogen and oxygen atoms in total. The predicted molar refractivity (Wildman–Crippen MR) is 88.8 cm³/mol. The van der Waals surface area contributed by atoms with Crippen molar-refractivity contribution < 1.29 is 22.7 Å². The number of likely N-dealkylation sites (N-methyl/N-ethyl adjacent to an activating group) is 1. The van der Waals surface area contributed by atoms with Crippen molar-refractivity contribution in [2.24, 2.45) is 0 Å². The Morgan fingerprint density at radius 1 is 1.48 bits per heavy atom. The van der Waals surface area contributed by atoms with Gasteiger partial charge < -0.3 is 9.64 Å². The van der Waals surface area contributed by atoms with Crippen LogP contribution in [0, 0.1) is 0 Å². The number of carbonyl (C=O) groups excluding carboxylic acids is 2. The highest BCUT2D eigenvalue weighted by Gasteiger charge is 2.34. The van der Waals surface area contributed by atoms with Gasteiger partial charge in [0.2, 0.25) is 0 Å². The first-order valence-corrected chi connectivity index (χ1v) is 9.99. The third kappa shape index (κ3) is 5.18. The first-order chi connectivity index (χ1) is 10.9. The molecule has 8 heteroatoms. The fourth-order valence-electron chi connectivity index (χ4n) is 2.46. The van der Waals surface area contributed by atoms with E-state index in [0.717, 1.165) is 4.88 Å². The standard InChI is InChI=1S/C15H19NO5S2/c1-2-16(12-7-9-23(19,20)11-12)14(17)10-21-15(18)6-5-13-4-3-8-22-13/h3-6,8,12H,2,7,9-11H2,1H3/b6-5+/t12-/m1/s1. The molecule has 0 spiro atoms. The van der Waals surface area contributed by atoms with Crippen molar-refractivity contribution in [3.63, 3.8) is 0 Å². The smallest absolute Gasteiger partial charge is 0.331 e. The van der Waals surface area contributed by atoms with Gasteiger partial charge in [0.25, 0.3) is 5.91 Å². The zero-order valence-electron chi connectivity index (χ0n) is 12.8. The molecule has 2 rings (SSSR count). The minimum absolute atomic E-state index is 0.0151. The molecule has 1 amide bonds. The van der Waals surface area contributed by atoms with Gasteiger partial charge >= 0.3 is 5.97 Å². The minimum atomic E-state index is -3.06. The Morgan fingerprint density at radius 2 is 2.26 bits per heavy atom. The number of hydrogen-bond donors (Lipinski definition) is 0. The largest absolute Gasteiger partial charge is 0.452 e. The van der Waals surface area contributed by atoms with E-state index < -0.39 is 15.8 Å².